The summed E-state index contributed by atoms with van der Waals surface area (Å²) in [5.74, 6) is 1.18. The Morgan fingerprint density at radius 3 is 2.56 bits per heavy atom. The van der Waals surface area contributed by atoms with E-state index in [-0.39, 0.29) is 11.3 Å². The SMILES string of the molecule is COC(=O)Nc1c(OC)cc(CO[Si](C)(C)C(C)(C)C)c2c1COC(C)O2. The van der Waals surface area contributed by atoms with Crippen LogP contribution in [0.5, 0.6) is 11.5 Å². The predicted octanol–water partition coefficient (Wildman–Crippen LogP) is 4.65. The lowest BCUT2D eigenvalue weighted by molar-refractivity contribution is -0.0950. The molecule has 1 aliphatic heterocycles. The molecule has 1 N–H and O–H groups in total. The van der Waals surface area contributed by atoms with Gasteiger partial charge in [-0.05, 0) is 31.1 Å². The second-order valence-electron chi connectivity index (χ2n) is 8.08. The van der Waals surface area contributed by atoms with Crippen molar-refractivity contribution in [2.75, 3.05) is 19.5 Å². The molecule has 1 unspecified atom stereocenters. The molecule has 0 saturated carbocycles. The highest BCUT2D eigenvalue weighted by atomic mass is 28.4. The average molecular weight is 398 g/mol. The largest absolute Gasteiger partial charge is 0.495 e. The first-order valence-corrected chi connectivity index (χ1v) is 11.9. The summed E-state index contributed by atoms with van der Waals surface area (Å²) < 4.78 is 28.1. The summed E-state index contributed by atoms with van der Waals surface area (Å²) in [7, 11) is 0.921. The molecule has 0 aliphatic carbocycles. The third kappa shape index (κ3) is 4.74. The van der Waals surface area contributed by atoms with Crippen LogP contribution in [0, 0.1) is 0 Å². The molecule has 152 valence electrons. The van der Waals surface area contributed by atoms with E-state index < -0.39 is 14.4 Å². The number of benzene rings is 1. The van der Waals surface area contributed by atoms with Crippen LogP contribution < -0.4 is 14.8 Å². The Bertz CT molecular complexity index is 698. The van der Waals surface area contributed by atoms with Gasteiger partial charge < -0.3 is 23.4 Å². The number of fused-ring (bicyclic) bond motifs is 1. The summed E-state index contributed by atoms with van der Waals surface area (Å²) in [6.45, 7) is 13.5. The number of carbonyl (C=O) groups is 1. The minimum Gasteiger partial charge on any atom is -0.495 e. The number of carbonyl (C=O) groups excluding carboxylic acids is 1. The van der Waals surface area contributed by atoms with Crippen LogP contribution in [-0.2, 0) is 27.1 Å². The van der Waals surface area contributed by atoms with Crippen LogP contribution in [0.25, 0.3) is 0 Å². The number of hydrogen-bond donors (Lipinski definition) is 1. The van der Waals surface area contributed by atoms with Gasteiger partial charge in [0.2, 0.25) is 0 Å². The van der Waals surface area contributed by atoms with E-state index in [9.17, 15) is 4.79 Å². The lowest BCUT2D eigenvalue weighted by Crippen LogP contribution is -2.40. The average Bonchev–Trinajstić information content (AvgIpc) is 2.59. The highest BCUT2D eigenvalue weighted by Gasteiger charge is 2.38. The summed E-state index contributed by atoms with van der Waals surface area (Å²) in [4.78, 5) is 11.8. The molecule has 27 heavy (non-hydrogen) atoms. The molecule has 1 amide bonds. The minimum absolute atomic E-state index is 0.0980. The van der Waals surface area contributed by atoms with Gasteiger partial charge in [0, 0.05) is 11.1 Å². The maximum absolute atomic E-state index is 11.8. The smallest absolute Gasteiger partial charge is 0.411 e. The van der Waals surface area contributed by atoms with Crippen molar-refractivity contribution in [2.45, 2.75) is 65.3 Å². The number of amides is 1. The van der Waals surface area contributed by atoms with Gasteiger partial charge in [0.1, 0.15) is 11.5 Å². The molecule has 0 aromatic heterocycles. The van der Waals surface area contributed by atoms with E-state index in [4.69, 9.17) is 23.4 Å². The number of rotatable bonds is 5. The van der Waals surface area contributed by atoms with Crippen LogP contribution in [0.1, 0.15) is 38.8 Å². The number of methoxy groups -OCH3 is 2. The lowest BCUT2D eigenvalue weighted by Gasteiger charge is -2.37. The summed E-state index contributed by atoms with van der Waals surface area (Å²) in [6.07, 6.45) is -0.970. The van der Waals surface area contributed by atoms with E-state index in [1.165, 1.54) is 7.11 Å². The fourth-order valence-electron chi connectivity index (χ4n) is 2.47. The summed E-state index contributed by atoms with van der Waals surface area (Å²) >= 11 is 0. The molecule has 1 heterocycles. The zero-order chi connectivity index (χ0) is 20.4. The molecular weight excluding hydrogens is 366 g/mol. The van der Waals surface area contributed by atoms with Crippen molar-refractivity contribution >= 4 is 20.1 Å². The van der Waals surface area contributed by atoms with Crippen molar-refractivity contribution in [3.8, 4) is 11.5 Å². The monoisotopic (exact) mass is 397 g/mol. The van der Waals surface area contributed by atoms with Gasteiger partial charge in [0.15, 0.2) is 14.6 Å². The lowest BCUT2D eigenvalue weighted by atomic mass is 10.0. The van der Waals surface area contributed by atoms with Crippen molar-refractivity contribution < 1.29 is 28.2 Å². The van der Waals surface area contributed by atoms with Gasteiger partial charge in [-0.3, -0.25) is 5.32 Å². The second-order valence-corrected chi connectivity index (χ2v) is 12.9. The molecule has 1 aromatic carbocycles. The summed E-state index contributed by atoms with van der Waals surface area (Å²) in [6, 6.07) is 1.84. The third-order valence-electron chi connectivity index (χ3n) is 5.19. The molecule has 0 radical (unpaired) electrons. The predicted molar refractivity (Wildman–Crippen MR) is 106 cm³/mol. The Kier molecular flexibility index (Phi) is 6.44. The van der Waals surface area contributed by atoms with Gasteiger partial charge in [-0.15, -0.1) is 0 Å². The Labute approximate surface area is 162 Å². The zero-order valence-corrected chi connectivity index (χ0v) is 18.5. The fourth-order valence-corrected chi connectivity index (χ4v) is 3.42. The van der Waals surface area contributed by atoms with Crippen LogP contribution in [0.4, 0.5) is 10.5 Å². The van der Waals surface area contributed by atoms with Gasteiger partial charge in [0.25, 0.3) is 0 Å². The number of nitrogens with one attached hydrogen (secondary N) is 1. The minimum atomic E-state index is -1.94. The Morgan fingerprint density at radius 2 is 2.00 bits per heavy atom. The van der Waals surface area contributed by atoms with E-state index in [1.54, 1.807) is 7.11 Å². The van der Waals surface area contributed by atoms with Crippen molar-refractivity contribution in [3.05, 3.63) is 17.2 Å². The maximum atomic E-state index is 11.8. The van der Waals surface area contributed by atoms with Gasteiger partial charge in [-0.1, -0.05) is 20.8 Å². The first-order valence-electron chi connectivity index (χ1n) is 9.00. The van der Waals surface area contributed by atoms with Crippen molar-refractivity contribution in [2.24, 2.45) is 0 Å². The topological polar surface area (TPSA) is 75.3 Å². The standard InChI is InChI=1S/C19H31NO6Si/c1-12-24-11-14-16(20-18(21)23-6)15(22-5)9-13(17(14)26-12)10-25-27(7,8)19(2,3)4/h9,12H,10-11H2,1-8H3,(H,20,21). The van der Waals surface area contributed by atoms with E-state index in [0.717, 1.165) is 5.56 Å². The number of ether oxygens (including phenoxy) is 4. The summed E-state index contributed by atoms with van der Waals surface area (Å²) in [5.41, 5.74) is 2.08. The molecular formula is C19H31NO6Si. The van der Waals surface area contributed by atoms with E-state index >= 15 is 0 Å². The van der Waals surface area contributed by atoms with Gasteiger partial charge in [0.05, 0.1) is 33.1 Å². The first kappa shape index (κ1) is 21.5. The highest BCUT2D eigenvalue weighted by Crippen LogP contribution is 2.44. The molecule has 1 aromatic rings. The molecule has 1 aliphatic rings. The van der Waals surface area contributed by atoms with E-state index in [1.807, 2.05) is 13.0 Å². The van der Waals surface area contributed by atoms with Crippen molar-refractivity contribution in [1.82, 2.24) is 0 Å². The molecule has 0 saturated heterocycles. The summed E-state index contributed by atoms with van der Waals surface area (Å²) in [5, 5.41) is 2.80. The van der Waals surface area contributed by atoms with Crippen molar-refractivity contribution in [1.29, 1.82) is 0 Å². The fraction of sp³-hybridized carbons (Fsp3) is 0.632. The molecule has 0 fully saturated rings. The molecule has 8 heteroatoms. The maximum Gasteiger partial charge on any atom is 0.411 e. The van der Waals surface area contributed by atoms with Crippen LogP contribution in [0.3, 0.4) is 0 Å². The Hall–Kier alpha value is -1.77. The molecule has 1 atom stereocenters. The van der Waals surface area contributed by atoms with E-state index in [0.29, 0.717) is 36.0 Å². The van der Waals surface area contributed by atoms with Crippen LogP contribution >= 0.6 is 0 Å². The normalized spacial score (nSPS) is 17.0. The van der Waals surface area contributed by atoms with Gasteiger partial charge in [-0.2, -0.15) is 0 Å². The van der Waals surface area contributed by atoms with Gasteiger partial charge in [-0.25, -0.2) is 4.79 Å². The molecule has 7 nitrogen and oxygen atoms in total. The van der Waals surface area contributed by atoms with E-state index in [2.05, 4.69) is 39.2 Å². The second kappa shape index (κ2) is 8.08. The Morgan fingerprint density at radius 1 is 1.33 bits per heavy atom. The van der Waals surface area contributed by atoms with Gasteiger partial charge >= 0.3 is 6.09 Å². The number of hydrogen-bond acceptors (Lipinski definition) is 6. The molecule has 0 bridgehead atoms. The van der Waals surface area contributed by atoms with Crippen LogP contribution in [-0.4, -0.2) is 34.9 Å². The van der Waals surface area contributed by atoms with Crippen LogP contribution in [0.15, 0.2) is 6.07 Å². The number of anilines is 1. The quantitative estimate of drug-likeness (QED) is 0.729. The molecule has 0 spiro atoms. The molecule has 2 rings (SSSR count). The third-order valence-corrected chi connectivity index (χ3v) is 9.67. The Balaban J connectivity index is 2.44. The first-order chi connectivity index (χ1) is 12.5. The van der Waals surface area contributed by atoms with Crippen LogP contribution in [0.2, 0.25) is 18.1 Å². The van der Waals surface area contributed by atoms with Crippen molar-refractivity contribution in [3.63, 3.8) is 0 Å². The highest BCUT2D eigenvalue weighted by molar-refractivity contribution is 6.74. The zero-order valence-electron chi connectivity index (χ0n) is 17.5.